The van der Waals surface area contributed by atoms with Crippen molar-refractivity contribution in [3.8, 4) is 0 Å². The summed E-state index contributed by atoms with van der Waals surface area (Å²) in [5, 5.41) is 0. The third-order valence-corrected chi connectivity index (χ3v) is 2.67. The van der Waals surface area contributed by atoms with Crippen LogP contribution in [-0.2, 0) is 30.4 Å². The molecule has 21 heavy (non-hydrogen) atoms. The molecule has 8 radical (unpaired) electrons. The molecule has 2 saturated carbocycles. The smallest absolute Gasteiger partial charge is 0 e. The molecule has 0 aromatic rings. The molecular weight excluding hydrogens is 344 g/mol. The molecule has 0 aromatic heterocycles. The fourth-order valence-electron chi connectivity index (χ4n) is 1.71. The van der Waals surface area contributed by atoms with E-state index in [4.69, 9.17) is 9.30 Å². The van der Waals surface area contributed by atoms with E-state index in [1.54, 1.807) is 0 Å². The summed E-state index contributed by atoms with van der Waals surface area (Å²) in [6.07, 6.45) is 28.0. The molecule has 2 aliphatic carbocycles. The second kappa shape index (κ2) is 28.3. The molecule has 0 bridgehead atoms. The van der Waals surface area contributed by atoms with Gasteiger partial charge in [-0.05, 0) is 103 Å². The molecule has 0 atom stereocenters. The Hall–Kier alpha value is 0.168. The molecule has 114 valence electrons. The minimum Gasteiger partial charge on any atom is -0.0496 e. The molecular formula is C18H24MoO2. The molecule has 2 rings (SSSR count). The maximum absolute atomic E-state index is 7.50. The fourth-order valence-corrected chi connectivity index (χ4v) is 1.71. The summed E-state index contributed by atoms with van der Waals surface area (Å²) in [7, 11) is 0. The van der Waals surface area contributed by atoms with Gasteiger partial charge in [-0.15, -0.1) is 0 Å². The average molecular weight is 368 g/mol. The summed E-state index contributed by atoms with van der Waals surface area (Å²) < 4.78 is 15.0. The van der Waals surface area contributed by atoms with Crippen LogP contribution in [0.3, 0.4) is 0 Å². The second-order valence-corrected chi connectivity index (χ2v) is 4.20. The van der Waals surface area contributed by atoms with E-state index in [1.165, 1.54) is 51.4 Å². The first-order chi connectivity index (χ1) is 10.0. The van der Waals surface area contributed by atoms with Gasteiger partial charge in [0.05, 0.1) is 0 Å². The first-order valence-corrected chi connectivity index (χ1v) is 7.01. The van der Waals surface area contributed by atoms with Gasteiger partial charge in [0.15, 0.2) is 0 Å². The molecule has 0 saturated heterocycles. The van der Waals surface area contributed by atoms with E-state index < -0.39 is 0 Å². The Labute approximate surface area is 146 Å². The van der Waals surface area contributed by atoms with Crippen molar-refractivity contribution in [3.05, 3.63) is 64.7 Å². The van der Waals surface area contributed by atoms with Gasteiger partial charge in [0.25, 0.3) is 0 Å². The van der Waals surface area contributed by atoms with Gasteiger partial charge >= 0.3 is 22.6 Å². The Morgan fingerprint density at radius 1 is 0.381 bits per heavy atom. The van der Waals surface area contributed by atoms with E-state index in [2.05, 4.69) is 64.7 Å². The molecule has 0 aromatic carbocycles. The molecule has 0 unspecified atom stereocenters. The van der Waals surface area contributed by atoms with E-state index in [9.17, 15) is 0 Å². The largest absolute Gasteiger partial charge is 0.0496 e. The normalized spacial score (nSPS) is 18.5. The zero-order valence-electron chi connectivity index (χ0n) is 12.5. The molecule has 3 heteroatoms. The van der Waals surface area contributed by atoms with Gasteiger partial charge in [0.1, 0.15) is 0 Å². The van der Waals surface area contributed by atoms with E-state index in [0.717, 1.165) is 0 Å². The SMILES string of the molecule is [C-]#[O+].[C-]#[O+].[CH]1[CH]CC[CH][CH]CC1.[CH]1[CH]CC[CH][CH]CC1.[Mo]. The number of hydrogen-bond acceptors (Lipinski definition) is 0. The zero-order chi connectivity index (χ0) is 15.3. The van der Waals surface area contributed by atoms with Crippen molar-refractivity contribution in [2.75, 3.05) is 0 Å². The van der Waals surface area contributed by atoms with E-state index in [-0.39, 0.29) is 21.1 Å². The molecule has 0 spiro atoms. The summed E-state index contributed by atoms with van der Waals surface area (Å²) in [5.41, 5.74) is 0. The quantitative estimate of drug-likeness (QED) is 0.339. The van der Waals surface area contributed by atoms with Crippen molar-refractivity contribution in [1.29, 1.82) is 0 Å². The van der Waals surface area contributed by atoms with Gasteiger partial charge in [-0.3, -0.25) is 0 Å². The maximum atomic E-state index is 7.50. The topological polar surface area (TPSA) is 39.8 Å². The minimum atomic E-state index is 0. The maximum Gasteiger partial charge on any atom is 0 e. The van der Waals surface area contributed by atoms with Crippen LogP contribution in [0.2, 0.25) is 0 Å². The van der Waals surface area contributed by atoms with Gasteiger partial charge in [0.2, 0.25) is 0 Å². The molecule has 2 nitrogen and oxygen atoms in total. The Kier molecular flexibility index (Phi) is 35.2. The van der Waals surface area contributed by atoms with Gasteiger partial charge in [-0.1, -0.05) is 0 Å². The van der Waals surface area contributed by atoms with Crippen LogP contribution in [0.15, 0.2) is 0 Å². The van der Waals surface area contributed by atoms with Crippen molar-refractivity contribution in [3.63, 3.8) is 0 Å². The number of rotatable bonds is 0. The first-order valence-electron chi connectivity index (χ1n) is 7.01. The molecule has 0 aliphatic heterocycles. The summed E-state index contributed by atoms with van der Waals surface area (Å²) >= 11 is 0. The van der Waals surface area contributed by atoms with Crippen LogP contribution in [0.5, 0.6) is 0 Å². The standard InChI is InChI=1S/2C8H12.2CO.Mo/c2*1-2-4-6-8-7-5-3-1;2*1-2;/h2*1-2,7-8H,3-6H2;;;. The monoisotopic (exact) mass is 370 g/mol. The number of hydrogen-bond donors (Lipinski definition) is 0. The van der Waals surface area contributed by atoms with Gasteiger partial charge in [0, 0.05) is 21.1 Å². The molecule has 0 heterocycles. The Balaban J connectivity index is -0.000000240. The Bertz CT molecular complexity index is 132. The van der Waals surface area contributed by atoms with Crippen LogP contribution < -0.4 is 0 Å². The zero-order valence-corrected chi connectivity index (χ0v) is 14.5. The van der Waals surface area contributed by atoms with Crippen LogP contribution in [0.1, 0.15) is 51.4 Å². The predicted molar refractivity (Wildman–Crippen MR) is 79.2 cm³/mol. The summed E-state index contributed by atoms with van der Waals surface area (Å²) in [5.74, 6) is 0. The van der Waals surface area contributed by atoms with Crippen molar-refractivity contribution < 1.29 is 30.4 Å². The Morgan fingerprint density at radius 2 is 0.476 bits per heavy atom. The summed E-state index contributed by atoms with van der Waals surface area (Å²) in [6, 6.07) is 0. The molecule has 0 amide bonds. The van der Waals surface area contributed by atoms with Crippen LogP contribution >= 0.6 is 0 Å². The predicted octanol–water partition coefficient (Wildman–Crippen LogP) is 4.68. The van der Waals surface area contributed by atoms with Crippen LogP contribution in [0.4, 0.5) is 0 Å². The first kappa shape index (κ1) is 26.1. The van der Waals surface area contributed by atoms with Gasteiger partial charge in [-0.2, -0.15) is 0 Å². The van der Waals surface area contributed by atoms with Crippen molar-refractivity contribution in [2.24, 2.45) is 0 Å². The fraction of sp³-hybridized carbons (Fsp3) is 0.444. The van der Waals surface area contributed by atoms with Crippen LogP contribution in [0.25, 0.3) is 0 Å². The van der Waals surface area contributed by atoms with Crippen LogP contribution in [0, 0.1) is 64.7 Å². The van der Waals surface area contributed by atoms with E-state index in [1.807, 2.05) is 0 Å². The van der Waals surface area contributed by atoms with Crippen molar-refractivity contribution >= 4 is 0 Å². The molecule has 2 fully saturated rings. The van der Waals surface area contributed by atoms with Gasteiger partial charge in [-0.25, -0.2) is 0 Å². The van der Waals surface area contributed by atoms with Crippen LogP contribution in [-0.4, -0.2) is 0 Å². The summed E-state index contributed by atoms with van der Waals surface area (Å²) in [4.78, 5) is 0. The molecule has 0 N–H and O–H groups in total. The average Bonchev–Trinajstić information content (AvgIpc) is 2.42. The minimum absolute atomic E-state index is 0. The second-order valence-electron chi connectivity index (χ2n) is 4.20. The Morgan fingerprint density at radius 3 is 0.571 bits per heavy atom. The van der Waals surface area contributed by atoms with Gasteiger partial charge < -0.3 is 0 Å². The third-order valence-electron chi connectivity index (χ3n) is 2.67. The van der Waals surface area contributed by atoms with Crippen molar-refractivity contribution in [2.45, 2.75) is 51.4 Å². The van der Waals surface area contributed by atoms with Crippen molar-refractivity contribution in [1.82, 2.24) is 0 Å². The van der Waals surface area contributed by atoms with E-state index in [0.29, 0.717) is 0 Å². The summed E-state index contributed by atoms with van der Waals surface area (Å²) in [6.45, 7) is 9.00. The molecule has 2 aliphatic rings. The third kappa shape index (κ3) is 25.5. The van der Waals surface area contributed by atoms with E-state index >= 15 is 0 Å².